The van der Waals surface area contributed by atoms with E-state index in [0.29, 0.717) is 18.7 Å². The molecule has 0 radical (unpaired) electrons. The fraction of sp³-hybridized carbons (Fsp3) is 0.538. The Morgan fingerprint density at radius 1 is 1.41 bits per heavy atom. The highest BCUT2D eigenvalue weighted by Crippen LogP contribution is 2.20. The predicted octanol–water partition coefficient (Wildman–Crippen LogP) is 2.33. The van der Waals surface area contributed by atoms with E-state index in [-0.39, 0.29) is 12.4 Å². The van der Waals surface area contributed by atoms with E-state index < -0.39 is 5.54 Å². The van der Waals surface area contributed by atoms with Crippen LogP contribution in [-0.2, 0) is 4.74 Å². The van der Waals surface area contributed by atoms with Gasteiger partial charge in [-0.3, -0.25) is 0 Å². The minimum atomic E-state index is -0.504. The molecule has 0 bridgehead atoms. The monoisotopic (exact) mass is 241 g/mol. The highest BCUT2D eigenvalue weighted by atomic mass is 19.1. The number of aryl methyl sites for hydroxylation is 1. The molecule has 17 heavy (non-hydrogen) atoms. The van der Waals surface area contributed by atoms with E-state index in [4.69, 9.17) is 4.74 Å². The van der Waals surface area contributed by atoms with Gasteiger partial charge in [0.1, 0.15) is 5.82 Å². The van der Waals surface area contributed by atoms with E-state index in [9.17, 15) is 9.50 Å². The maximum absolute atomic E-state index is 13.2. The molecule has 0 aliphatic carbocycles. The number of benzene rings is 1. The molecule has 0 fully saturated rings. The lowest BCUT2D eigenvalue weighted by Gasteiger charge is -2.30. The standard InChI is InChI=1S/C13H20FNO2/c1-10-6-11(14)8-12(7-10)15-13(2,9-16)4-5-17-3/h6-8,15-16H,4-5,9H2,1-3H3. The van der Waals surface area contributed by atoms with Gasteiger partial charge in [0.2, 0.25) is 0 Å². The lowest BCUT2D eigenvalue weighted by atomic mass is 9.98. The molecule has 2 N–H and O–H groups in total. The lowest BCUT2D eigenvalue weighted by molar-refractivity contribution is 0.146. The number of anilines is 1. The van der Waals surface area contributed by atoms with E-state index in [1.165, 1.54) is 12.1 Å². The van der Waals surface area contributed by atoms with Crippen LogP contribution in [0.5, 0.6) is 0 Å². The van der Waals surface area contributed by atoms with E-state index >= 15 is 0 Å². The minimum Gasteiger partial charge on any atom is -0.394 e. The summed E-state index contributed by atoms with van der Waals surface area (Å²) in [6.45, 7) is 4.22. The number of hydrogen-bond donors (Lipinski definition) is 2. The maximum atomic E-state index is 13.2. The quantitative estimate of drug-likeness (QED) is 0.803. The Kier molecular flexibility index (Phi) is 4.90. The van der Waals surface area contributed by atoms with Crippen molar-refractivity contribution in [1.82, 2.24) is 0 Å². The first kappa shape index (κ1) is 13.9. The van der Waals surface area contributed by atoms with Crippen LogP contribution in [0.4, 0.5) is 10.1 Å². The first-order chi connectivity index (χ1) is 7.99. The van der Waals surface area contributed by atoms with Crippen molar-refractivity contribution in [2.75, 3.05) is 25.6 Å². The largest absolute Gasteiger partial charge is 0.394 e. The molecule has 0 saturated heterocycles. The van der Waals surface area contributed by atoms with Gasteiger partial charge in [0.05, 0.1) is 12.1 Å². The van der Waals surface area contributed by atoms with Gasteiger partial charge >= 0.3 is 0 Å². The number of aliphatic hydroxyl groups excluding tert-OH is 1. The fourth-order valence-corrected chi connectivity index (χ4v) is 1.67. The van der Waals surface area contributed by atoms with Crippen LogP contribution in [0.1, 0.15) is 18.9 Å². The van der Waals surface area contributed by atoms with Crippen LogP contribution < -0.4 is 5.32 Å². The Hall–Kier alpha value is -1.13. The third kappa shape index (κ3) is 4.32. The average molecular weight is 241 g/mol. The van der Waals surface area contributed by atoms with Gasteiger partial charge in [-0.05, 0) is 44.0 Å². The topological polar surface area (TPSA) is 41.5 Å². The first-order valence-corrected chi connectivity index (χ1v) is 5.64. The highest BCUT2D eigenvalue weighted by molar-refractivity contribution is 5.48. The van der Waals surface area contributed by atoms with Crippen LogP contribution in [0.15, 0.2) is 18.2 Å². The summed E-state index contributed by atoms with van der Waals surface area (Å²) < 4.78 is 18.2. The van der Waals surface area contributed by atoms with Gasteiger partial charge in [0.25, 0.3) is 0 Å². The van der Waals surface area contributed by atoms with Crippen molar-refractivity contribution in [1.29, 1.82) is 0 Å². The van der Waals surface area contributed by atoms with Crippen molar-refractivity contribution < 1.29 is 14.2 Å². The third-order valence-electron chi connectivity index (χ3n) is 2.70. The highest BCUT2D eigenvalue weighted by Gasteiger charge is 2.22. The van der Waals surface area contributed by atoms with E-state index in [2.05, 4.69) is 5.32 Å². The second-order valence-electron chi connectivity index (χ2n) is 4.60. The number of hydrogen-bond acceptors (Lipinski definition) is 3. The number of aliphatic hydroxyl groups is 1. The van der Waals surface area contributed by atoms with Crippen LogP contribution >= 0.6 is 0 Å². The summed E-state index contributed by atoms with van der Waals surface area (Å²) in [7, 11) is 1.62. The molecule has 1 atom stereocenters. The molecule has 0 saturated carbocycles. The van der Waals surface area contributed by atoms with Crippen molar-refractivity contribution in [3.05, 3.63) is 29.6 Å². The van der Waals surface area contributed by atoms with Crippen molar-refractivity contribution in [3.63, 3.8) is 0 Å². The zero-order valence-corrected chi connectivity index (χ0v) is 10.6. The molecule has 4 heteroatoms. The van der Waals surface area contributed by atoms with E-state index in [0.717, 1.165) is 5.56 Å². The Bertz CT molecular complexity index is 350. The van der Waals surface area contributed by atoms with Crippen molar-refractivity contribution in [2.45, 2.75) is 25.8 Å². The maximum Gasteiger partial charge on any atom is 0.125 e. The van der Waals surface area contributed by atoms with Gasteiger partial charge in [0, 0.05) is 19.4 Å². The summed E-state index contributed by atoms with van der Waals surface area (Å²) in [5.41, 5.74) is 1.02. The molecular weight excluding hydrogens is 221 g/mol. The Morgan fingerprint density at radius 2 is 2.12 bits per heavy atom. The summed E-state index contributed by atoms with van der Waals surface area (Å²) in [4.78, 5) is 0. The molecule has 0 spiro atoms. The van der Waals surface area contributed by atoms with E-state index in [1.807, 2.05) is 19.9 Å². The van der Waals surface area contributed by atoms with Crippen LogP contribution in [0, 0.1) is 12.7 Å². The number of methoxy groups -OCH3 is 1. The van der Waals surface area contributed by atoms with Gasteiger partial charge < -0.3 is 15.2 Å². The van der Waals surface area contributed by atoms with Crippen molar-refractivity contribution in [3.8, 4) is 0 Å². The summed E-state index contributed by atoms with van der Waals surface area (Å²) in [6.07, 6.45) is 0.648. The molecule has 3 nitrogen and oxygen atoms in total. The second kappa shape index (κ2) is 5.98. The molecule has 1 aromatic carbocycles. The number of nitrogens with one attached hydrogen (secondary N) is 1. The van der Waals surface area contributed by atoms with Gasteiger partial charge in [-0.15, -0.1) is 0 Å². The van der Waals surface area contributed by atoms with Crippen LogP contribution in [0.25, 0.3) is 0 Å². The Labute approximate surface area is 102 Å². The van der Waals surface area contributed by atoms with E-state index in [1.54, 1.807) is 7.11 Å². The zero-order chi connectivity index (χ0) is 12.9. The Morgan fingerprint density at radius 3 is 2.65 bits per heavy atom. The SMILES string of the molecule is COCCC(C)(CO)Nc1cc(C)cc(F)c1. The fourth-order valence-electron chi connectivity index (χ4n) is 1.67. The molecule has 1 unspecified atom stereocenters. The Balaban J connectivity index is 2.79. The molecular formula is C13H20FNO2. The van der Waals surface area contributed by atoms with Gasteiger partial charge in [-0.2, -0.15) is 0 Å². The predicted molar refractivity (Wildman–Crippen MR) is 66.7 cm³/mol. The summed E-state index contributed by atoms with van der Waals surface area (Å²) in [5, 5.41) is 12.6. The minimum absolute atomic E-state index is 0.0358. The van der Waals surface area contributed by atoms with Crippen LogP contribution in [-0.4, -0.2) is 31.0 Å². The summed E-state index contributed by atoms with van der Waals surface area (Å²) in [6, 6.07) is 4.74. The molecule has 96 valence electrons. The first-order valence-electron chi connectivity index (χ1n) is 5.64. The summed E-state index contributed by atoms with van der Waals surface area (Å²) in [5.74, 6) is -0.278. The zero-order valence-electron chi connectivity index (χ0n) is 10.6. The number of halogens is 1. The molecule has 0 amide bonds. The third-order valence-corrected chi connectivity index (χ3v) is 2.70. The molecule has 0 aliphatic rings. The van der Waals surface area contributed by atoms with Crippen molar-refractivity contribution >= 4 is 5.69 Å². The number of rotatable bonds is 6. The molecule has 0 aliphatic heterocycles. The van der Waals surface area contributed by atoms with Crippen LogP contribution in [0.3, 0.4) is 0 Å². The molecule has 1 rings (SSSR count). The smallest absolute Gasteiger partial charge is 0.125 e. The normalized spacial score (nSPS) is 14.4. The molecule has 0 aromatic heterocycles. The van der Waals surface area contributed by atoms with Crippen molar-refractivity contribution in [2.24, 2.45) is 0 Å². The summed E-state index contributed by atoms with van der Waals surface area (Å²) >= 11 is 0. The average Bonchev–Trinajstić information content (AvgIpc) is 2.25. The van der Waals surface area contributed by atoms with Gasteiger partial charge in [-0.25, -0.2) is 4.39 Å². The molecule has 0 heterocycles. The lowest BCUT2D eigenvalue weighted by Crippen LogP contribution is -2.40. The van der Waals surface area contributed by atoms with Crippen LogP contribution in [0.2, 0.25) is 0 Å². The number of ether oxygens (including phenoxy) is 1. The molecule has 1 aromatic rings. The van der Waals surface area contributed by atoms with Gasteiger partial charge in [0.15, 0.2) is 0 Å². The second-order valence-corrected chi connectivity index (χ2v) is 4.60. The van der Waals surface area contributed by atoms with Gasteiger partial charge in [-0.1, -0.05) is 0 Å².